The molecule has 3 aromatic rings. The lowest BCUT2D eigenvalue weighted by molar-refractivity contribution is -0.126. The molecule has 1 unspecified atom stereocenters. The van der Waals surface area contributed by atoms with E-state index in [1.165, 1.54) is 40.1 Å². The van der Waals surface area contributed by atoms with Crippen LogP contribution in [0.3, 0.4) is 0 Å². The predicted octanol–water partition coefficient (Wildman–Crippen LogP) is 4.01. The first kappa shape index (κ1) is 28.2. The maximum absolute atomic E-state index is 13.6. The van der Waals surface area contributed by atoms with E-state index in [0.717, 1.165) is 56.9 Å². The van der Waals surface area contributed by atoms with Gasteiger partial charge in [0, 0.05) is 68.1 Å². The molecule has 6 rings (SSSR count). The lowest BCUT2D eigenvalue weighted by Crippen LogP contribution is -2.49. The van der Waals surface area contributed by atoms with Crippen molar-refractivity contribution in [2.75, 3.05) is 69.2 Å². The Morgan fingerprint density at radius 2 is 1.81 bits per heavy atom. The number of rotatable bonds is 6. The number of piperidine rings is 1. The third-order valence-electron chi connectivity index (χ3n) is 9.20. The Kier molecular flexibility index (Phi) is 8.16. The topological polar surface area (TPSA) is 72.0 Å². The number of likely N-dealkylation sites (tertiary alicyclic amines) is 1. The van der Waals surface area contributed by atoms with Crippen LogP contribution in [0.25, 0.3) is 10.8 Å². The number of carbonyl (C=O) groups is 2. The molecule has 1 atom stereocenters. The lowest BCUT2D eigenvalue weighted by atomic mass is 9.97. The molecule has 0 spiro atoms. The summed E-state index contributed by atoms with van der Waals surface area (Å²) in [6, 6.07) is 14.9. The monoisotopic (exact) mass is 566 g/mol. The summed E-state index contributed by atoms with van der Waals surface area (Å²) in [4.78, 5) is 39.7. The summed E-state index contributed by atoms with van der Waals surface area (Å²) < 4.78 is 0. The summed E-state index contributed by atoms with van der Waals surface area (Å²) in [7, 11) is 2.15. The number of hydrogen-bond donors (Lipinski definition) is 1. The van der Waals surface area contributed by atoms with Crippen molar-refractivity contribution in [1.29, 1.82) is 0 Å². The van der Waals surface area contributed by atoms with Crippen LogP contribution in [0.2, 0.25) is 0 Å². The maximum atomic E-state index is 13.6. The zero-order chi connectivity index (χ0) is 29.2. The fourth-order valence-corrected chi connectivity index (χ4v) is 6.96. The number of anilines is 2. The van der Waals surface area contributed by atoms with Crippen LogP contribution in [-0.2, 0) is 17.8 Å². The van der Waals surface area contributed by atoms with E-state index in [0.29, 0.717) is 37.8 Å². The van der Waals surface area contributed by atoms with Gasteiger partial charge in [-0.05, 0) is 74.9 Å². The van der Waals surface area contributed by atoms with Crippen molar-refractivity contribution < 1.29 is 9.59 Å². The van der Waals surface area contributed by atoms with Gasteiger partial charge in [0.25, 0.3) is 5.91 Å². The second-order valence-corrected chi connectivity index (χ2v) is 12.1. The first-order chi connectivity index (χ1) is 20.4. The highest BCUT2D eigenvalue weighted by atomic mass is 16.2. The maximum Gasteiger partial charge on any atom is 0.269 e. The molecule has 42 heavy (non-hydrogen) atoms. The summed E-state index contributed by atoms with van der Waals surface area (Å²) >= 11 is 0. The summed E-state index contributed by atoms with van der Waals surface area (Å²) in [5, 5.41) is 5.72. The number of hydrogen-bond acceptors (Lipinski definition) is 6. The average molecular weight is 567 g/mol. The minimum absolute atomic E-state index is 0.0270. The predicted molar refractivity (Wildman–Crippen MR) is 169 cm³/mol. The van der Waals surface area contributed by atoms with Crippen LogP contribution in [-0.4, -0.2) is 86.0 Å². The molecule has 220 valence electrons. The van der Waals surface area contributed by atoms with Gasteiger partial charge in [-0.15, -0.1) is 0 Å². The fourth-order valence-electron chi connectivity index (χ4n) is 6.96. The SMILES string of the molecule is C=CC(=O)N1CCN(c2cc(C(=O)NCC3CCCN(C)C3)nc3c2CCN(c2cccc4cccc(C)c24)C3)CC1. The Labute approximate surface area is 249 Å². The van der Waals surface area contributed by atoms with Gasteiger partial charge in [0.15, 0.2) is 0 Å². The van der Waals surface area contributed by atoms with Crippen LogP contribution in [0.4, 0.5) is 11.4 Å². The highest BCUT2D eigenvalue weighted by molar-refractivity contribution is 5.97. The van der Waals surface area contributed by atoms with Crippen molar-refractivity contribution in [3.8, 4) is 0 Å². The van der Waals surface area contributed by atoms with Gasteiger partial charge < -0.3 is 24.9 Å². The van der Waals surface area contributed by atoms with Crippen molar-refractivity contribution in [1.82, 2.24) is 20.1 Å². The molecular weight excluding hydrogens is 524 g/mol. The van der Waals surface area contributed by atoms with Gasteiger partial charge in [0.2, 0.25) is 5.91 Å². The lowest BCUT2D eigenvalue weighted by Gasteiger charge is -2.39. The van der Waals surface area contributed by atoms with Gasteiger partial charge in [-0.25, -0.2) is 4.98 Å². The molecule has 2 amide bonds. The van der Waals surface area contributed by atoms with Gasteiger partial charge in [-0.2, -0.15) is 0 Å². The third kappa shape index (κ3) is 5.73. The molecule has 2 fully saturated rings. The van der Waals surface area contributed by atoms with Crippen LogP contribution in [0.15, 0.2) is 55.1 Å². The van der Waals surface area contributed by atoms with Crippen LogP contribution in [0, 0.1) is 12.8 Å². The molecule has 2 aromatic carbocycles. The Hall–Kier alpha value is -3.91. The van der Waals surface area contributed by atoms with Gasteiger partial charge in [-0.1, -0.05) is 36.9 Å². The van der Waals surface area contributed by atoms with E-state index in [4.69, 9.17) is 4.98 Å². The van der Waals surface area contributed by atoms with E-state index in [9.17, 15) is 9.59 Å². The normalized spacial score (nSPS) is 19.5. The molecular formula is C34H42N6O2. The average Bonchev–Trinajstić information content (AvgIpc) is 3.02. The van der Waals surface area contributed by atoms with Crippen LogP contribution in [0.5, 0.6) is 0 Å². The van der Waals surface area contributed by atoms with Crippen molar-refractivity contribution in [2.45, 2.75) is 32.7 Å². The molecule has 8 nitrogen and oxygen atoms in total. The number of aryl methyl sites for hydroxylation is 1. The van der Waals surface area contributed by atoms with Crippen molar-refractivity contribution in [2.24, 2.45) is 5.92 Å². The van der Waals surface area contributed by atoms with E-state index >= 15 is 0 Å². The van der Waals surface area contributed by atoms with Gasteiger partial charge in [-0.3, -0.25) is 9.59 Å². The fraction of sp³-hybridized carbons (Fsp3) is 0.441. The molecule has 3 aliphatic heterocycles. The number of aromatic nitrogens is 1. The number of nitrogens with zero attached hydrogens (tertiary/aromatic N) is 5. The van der Waals surface area contributed by atoms with E-state index in [-0.39, 0.29) is 11.8 Å². The molecule has 1 N–H and O–H groups in total. The largest absolute Gasteiger partial charge is 0.368 e. The number of piperazine rings is 1. The molecule has 0 radical (unpaired) electrons. The Morgan fingerprint density at radius 1 is 1.02 bits per heavy atom. The standard InChI is InChI=1S/C34H42N6O2/c1-4-32(41)39-18-16-38(17-19-39)31-20-28(34(42)35-21-25-9-7-14-37(3)22-25)36-29-23-40(15-13-27(29)31)30-12-6-11-26-10-5-8-24(2)33(26)30/h4-6,8,10-12,20,25H,1,7,9,13-19,21-23H2,2-3H3,(H,35,42). The van der Waals surface area contributed by atoms with E-state index in [2.05, 4.69) is 77.0 Å². The molecule has 0 bridgehead atoms. The smallest absolute Gasteiger partial charge is 0.269 e. The number of nitrogens with one attached hydrogen (secondary N) is 1. The second-order valence-electron chi connectivity index (χ2n) is 12.1. The molecule has 0 aliphatic carbocycles. The quantitative estimate of drug-likeness (QED) is 0.455. The summed E-state index contributed by atoms with van der Waals surface area (Å²) in [6.45, 7) is 12.9. The zero-order valence-corrected chi connectivity index (χ0v) is 24.9. The molecule has 4 heterocycles. The third-order valence-corrected chi connectivity index (χ3v) is 9.20. The summed E-state index contributed by atoms with van der Waals surface area (Å²) in [5.74, 6) is 0.331. The number of pyridine rings is 1. The first-order valence-corrected chi connectivity index (χ1v) is 15.3. The molecule has 1 aromatic heterocycles. The number of fused-ring (bicyclic) bond motifs is 2. The molecule has 0 saturated carbocycles. The molecule has 2 saturated heterocycles. The van der Waals surface area contributed by atoms with Gasteiger partial charge in [0.05, 0.1) is 12.2 Å². The van der Waals surface area contributed by atoms with E-state index in [1.807, 2.05) is 11.0 Å². The zero-order valence-electron chi connectivity index (χ0n) is 24.9. The minimum atomic E-state index is -0.106. The van der Waals surface area contributed by atoms with E-state index in [1.54, 1.807) is 0 Å². The number of benzene rings is 2. The van der Waals surface area contributed by atoms with Crippen LogP contribution < -0.4 is 15.1 Å². The Morgan fingerprint density at radius 3 is 2.57 bits per heavy atom. The van der Waals surface area contributed by atoms with Crippen molar-refractivity contribution >= 4 is 34.0 Å². The van der Waals surface area contributed by atoms with Crippen LogP contribution in [0.1, 0.15) is 40.2 Å². The minimum Gasteiger partial charge on any atom is -0.368 e. The van der Waals surface area contributed by atoms with Crippen LogP contribution >= 0.6 is 0 Å². The highest BCUT2D eigenvalue weighted by Gasteiger charge is 2.29. The Balaban J connectivity index is 1.30. The highest BCUT2D eigenvalue weighted by Crippen LogP contribution is 2.35. The van der Waals surface area contributed by atoms with Gasteiger partial charge >= 0.3 is 0 Å². The van der Waals surface area contributed by atoms with Crippen molar-refractivity contribution in [3.05, 3.63) is 77.6 Å². The molecule has 3 aliphatic rings. The van der Waals surface area contributed by atoms with E-state index < -0.39 is 0 Å². The Bertz CT molecular complexity index is 1490. The van der Waals surface area contributed by atoms with Crippen molar-refractivity contribution in [3.63, 3.8) is 0 Å². The number of carbonyl (C=O) groups excluding carboxylic acids is 2. The summed E-state index contributed by atoms with van der Waals surface area (Å²) in [6.07, 6.45) is 4.55. The first-order valence-electron chi connectivity index (χ1n) is 15.3. The number of amides is 2. The second kappa shape index (κ2) is 12.1. The summed E-state index contributed by atoms with van der Waals surface area (Å²) in [5.41, 5.74) is 6.23. The molecule has 8 heteroatoms. The van der Waals surface area contributed by atoms with Gasteiger partial charge in [0.1, 0.15) is 5.69 Å².